The van der Waals surface area contributed by atoms with Gasteiger partial charge in [-0.3, -0.25) is 4.79 Å². The molecule has 1 aromatic rings. The van der Waals surface area contributed by atoms with Gasteiger partial charge in [-0.1, -0.05) is 18.2 Å². The van der Waals surface area contributed by atoms with Gasteiger partial charge in [-0.25, -0.2) is 0 Å². The van der Waals surface area contributed by atoms with E-state index in [4.69, 9.17) is 4.74 Å². The Kier molecular flexibility index (Phi) is 4.03. The fourth-order valence-corrected chi connectivity index (χ4v) is 3.07. The number of para-hydroxylation sites is 1. The Labute approximate surface area is 120 Å². The van der Waals surface area contributed by atoms with Gasteiger partial charge in [0.2, 0.25) is 5.91 Å². The minimum atomic E-state index is 0.112. The van der Waals surface area contributed by atoms with Gasteiger partial charge < -0.3 is 15.0 Å². The van der Waals surface area contributed by atoms with E-state index in [0.717, 1.165) is 25.3 Å². The minimum Gasteiger partial charge on any atom is -0.377 e. The third-order valence-electron chi connectivity index (χ3n) is 4.29. The van der Waals surface area contributed by atoms with Crippen LogP contribution in [0.3, 0.4) is 0 Å². The van der Waals surface area contributed by atoms with E-state index in [1.54, 1.807) is 4.90 Å². The van der Waals surface area contributed by atoms with Gasteiger partial charge in [-0.05, 0) is 30.9 Å². The lowest BCUT2D eigenvalue weighted by atomic mass is 9.96. The van der Waals surface area contributed by atoms with Crippen LogP contribution < -0.4 is 10.2 Å². The number of rotatable bonds is 3. The van der Waals surface area contributed by atoms with Gasteiger partial charge in [0.15, 0.2) is 0 Å². The molecule has 2 unspecified atom stereocenters. The van der Waals surface area contributed by atoms with Gasteiger partial charge in [0.25, 0.3) is 0 Å². The summed E-state index contributed by atoms with van der Waals surface area (Å²) in [6.07, 6.45) is 4.36. The summed E-state index contributed by atoms with van der Waals surface area (Å²) in [5.74, 6) is 0.172. The number of nitrogens with zero attached hydrogens (tertiary/aromatic N) is 1. The van der Waals surface area contributed by atoms with Crippen LogP contribution in [0.5, 0.6) is 0 Å². The number of carbonyl (C=O) groups is 1. The lowest BCUT2D eigenvalue weighted by Crippen LogP contribution is -2.40. The number of carbonyl (C=O) groups excluding carboxylic acids is 1. The van der Waals surface area contributed by atoms with Crippen LogP contribution in [-0.4, -0.2) is 32.2 Å². The van der Waals surface area contributed by atoms with Crippen LogP contribution in [0.1, 0.15) is 37.3 Å². The molecular weight excluding hydrogens is 252 g/mol. The number of anilines is 1. The summed E-state index contributed by atoms with van der Waals surface area (Å²) in [4.78, 5) is 13.8. The zero-order valence-corrected chi connectivity index (χ0v) is 12.0. The molecule has 0 spiro atoms. The molecule has 108 valence electrons. The van der Waals surface area contributed by atoms with Crippen molar-refractivity contribution in [2.24, 2.45) is 0 Å². The fourth-order valence-electron chi connectivity index (χ4n) is 3.07. The van der Waals surface area contributed by atoms with Crippen molar-refractivity contribution in [3.8, 4) is 0 Å². The third-order valence-corrected chi connectivity index (χ3v) is 4.29. The van der Waals surface area contributed by atoms with Crippen LogP contribution in [0.25, 0.3) is 0 Å². The number of hydrogen-bond donors (Lipinski definition) is 1. The van der Waals surface area contributed by atoms with Crippen molar-refractivity contribution in [2.45, 2.75) is 37.8 Å². The molecule has 1 aromatic carbocycles. The minimum absolute atomic E-state index is 0.112. The molecule has 20 heavy (non-hydrogen) atoms. The topological polar surface area (TPSA) is 41.6 Å². The van der Waals surface area contributed by atoms with Gasteiger partial charge in [0.05, 0.1) is 6.10 Å². The van der Waals surface area contributed by atoms with E-state index in [2.05, 4.69) is 11.4 Å². The summed E-state index contributed by atoms with van der Waals surface area (Å²) in [6, 6.07) is 8.25. The average Bonchev–Trinajstić information content (AvgIpc) is 2.50. The predicted molar refractivity (Wildman–Crippen MR) is 78.8 cm³/mol. The first-order chi connectivity index (χ1) is 9.75. The van der Waals surface area contributed by atoms with E-state index in [-0.39, 0.29) is 11.9 Å². The smallest absolute Gasteiger partial charge is 0.228 e. The first-order valence-corrected chi connectivity index (χ1v) is 7.46. The van der Waals surface area contributed by atoms with Crippen LogP contribution in [0.4, 0.5) is 5.69 Å². The van der Waals surface area contributed by atoms with E-state index in [1.165, 1.54) is 18.4 Å². The molecule has 2 heterocycles. The molecule has 3 rings (SSSR count). The highest BCUT2D eigenvalue weighted by Gasteiger charge is 2.29. The second-order valence-electron chi connectivity index (χ2n) is 5.67. The first-order valence-electron chi connectivity index (χ1n) is 7.46. The lowest BCUT2D eigenvalue weighted by Gasteiger charge is -2.33. The SMILES string of the molecule is CN1C(=O)CC(NCC2CCCCO2)c2ccccc21. The van der Waals surface area contributed by atoms with Crippen molar-refractivity contribution in [3.63, 3.8) is 0 Å². The van der Waals surface area contributed by atoms with E-state index < -0.39 is 0 Å². The van der Waals surface area contributed by atoms with Crippen molar-refractivity contribution in [3.05, 3.63) is 29.8 Å². The Bertz CT molecular complexity index is 483. The molecule has 4 nitrogen and oxygen atoms in total. The number of benzene rings is 1. The Morgan fingerprint density at radius 3 is 3.00 bits per heavy atom. The molecule has 1 N–H and O–H groups in total. The Morgan fingerprint density at radius 1 is 1.35 bits per heavy atom. The summed E-state index contributed by atoms with van der Waals surface area (Å²) >= 11 is 0. The number of ether oxygens (including phenoxy) is 1. The maximum absolute atomic E-state index is 12.1. The van der Waals surface area contributed by atoms with Crippen molar-refractivity contribution >= 4 is 11.6 Å². The fraction of sp³-hybridized carbons (Fsp3) is 0.562. The molecule has 4 heteroatoms. The van der Waals surface area contributed by atoms with Crippen LogP contribution in [0.15, 0.2) is 24.3 Å². The second kappa shape index (κ2) is 5.94. The molecule has 2 aliphatic heterocycles. The number of hydrogen-bond acceptors (Lipinski definition) is 3. The van der Waals surface area contributed by atoms with E-state index >= 15 is 0 Å². The van der Waals surface area contributed by atoms with Crippen LogP contribution >= 0.6 is 0 Å². The molecule has 0 aliphatic carbocycles. The van der Waals surface area contributed by atoms with Gasteiger partial charge in [-0.15, -0.1) is 0 Å². The van der Waals surface area contributed by atoms with Gasteiger partial charge in [0, 0.05) is 38.3 Å². The molecule has 2 atom stereocenters. The van der Waals surface area contributed by atoms with Crippen molar-refractivity contribution in [2.75, 3.05) is 25.1 Å². The van der Waals surface area contributed by atoms with E-state index in [1.807, 2.05) is 25.2 Å². The van der Waals surface area contributed by atoms with Crippen LogP contribution in [0, 0.1) is 0 Å². The molecule has 0 radical (unpaired) electrons. The van der Waals surface area contributed by atoms with Crippen LogP contribution in [-0.2, 0) is 9.53 Å². The summed E-state index contributed by atoms with van der Waals surface area (Å²) in [5.41, 5.74) is 2.23. The molecule has 1 amide bonds. The maximum Gasteiger partial charge on any atom is 0.228 e. The quantitative estimate of drug-likeness (QED) is 0.919. The largest absolute Gasteiger partial charge is 0.377 e. The third kappa shape index (κ3) is 2.72. The van der Waals surface area contributed by atoms with E-state index in [9.17, 15) is 4.79 Å². The van der Waals surface area contributed by atoms with Crippen molar-refractivity contribution in [1.29, 1.82) is 0 Å². The van der Waals surface area contributed by atoms with Gasteiger partial charge in [0.1, 0.15) is 0 Å². The molecule has 0 bridgehead atoms. The van der Waals surface area contributed by atoms with Gasteiger partial charge >= 0.3 is 0 Å². The molecule has 1 saturated heterocycles. The maximum atomic E-state index is 12.1. The van der Waals surface area contributed by atoms with Crippen molar-refractivity contribution < 1.29 is 9.53 Å². The molecule has 0 aromatic heterocycles. The van der Waals surface area contributed by atoms with E-state index in [0.29, 0.717) is 12.5 Å². The molecule has 1 fully saturated rings. The Balaban J connectivity index is 1.70. The number of nitrogens with one attached hydrogen (secondary N) is 1. The standard InChI is InChI=1S/C16H22N2O2/c1-18-15-8-3-2-7-13(15)14(10-16(18)19)17-11-12-6-4-5-9-20-12/h2-3,7-8,12,14,17H,4-6,9-11H2,1H3. The summed E-state index contributed by atoms with van der Waals surface area (Å²) in [6.45, 7) is 1.70. The summed E-state index contributed by atoms with van der Waals surface area (Å²) < 4.78 is 5.75. The number of fused-ring (bicyclic) bond motifs is 1. The summed E-state index contributed by atoms with van der Waals surface area (Å²) in [7, 11) is 1.85. The first kappa shape index (κ1) is 13.6. The number of amides is 1. The monoisotopic (exact) mass is 274 g/mol. The highest BCUT2D eigenvalue weighted by molar-refractivity contribution is 5.96. The Morgan fingerprint density at radius 2 is 2.20 bits per heavy atom. The highest BCUT2D eigenvalue weighted by atomic mass is 16.5. The summed E-state index contributed by atoms with van der Waals surface area (Å²) in [5, 5.41) is 3.53. The van der Waals surface area contributed by atoms with Crippen molar-refractivity contribution in [1.82, 2.24) is 5.32 Å². The highest BCUT2D eigenvalue weighted by Crippen LogP contribution is 2.33. The molecule has 2 aliphatic rings. The zero-order valence-electron chi connectivity index (χ0n) is 12.0. The molecule has 0 saturated carbocycles. The second-order valence-corrected chi connectivity index (χ2v) is 5.67. The zero-order chi connectivity index (χ0) is 13.9. The Hall–Kier alpha value is -1.39. The molecular formula is C16H22N2O2. The average molecular weight is 274 g/mol. The normalized spacial score (nSPS) is 26.4. The predicted octanol–water partition coefficient (Wildman–Crippen LogP) is 2.25. The lowest BCUT2D eigenvalue weighted by molar-refractivity contribution is -0.119. The van der Waals surface area contributed by atoms with Crippen LogP contribution in [0.2, 0.25) is 0 Å². The van der Waals surface area contributed by atoms with Gasteiger partial charge in [-0.2, -0.15) is 0 Å².